The summed E-state index contributed by atoms with van der Waals surface area (Å²) in [6, 6.07) is 0. The van der Waals surface area contributed by atoms with Crippen LogP contribution in [0.1, 0.15) is 58.8 Å². The van der Waals surface area contributed by atoms with Gasteiger partial charge in [-0.1, -0.05) is 25.5 Å². The van der Waals surface area contributed by atoms with Gasteiger partial charge in [0.05, 0.1) is 0 Å². The summed E-state index contributed by atoms with van der Waals surface area (Å²) >= 11 is 0. The van der Waals surface area contributed by atoms with Gasteiger partial charge in [0.1, 0.15) is 5.78 Å². The maximum atomic E-state index is 11.9. The monoisotopic (exact) mass is 316 g/mol. The molecule has 0 amide bonds. The number of fused-ring (bicyclic) bond motifs is 3. The zero-order valence-electron chi connectivity index (χ0n) is 14.3. The zero-order chi connectivity index (χ0) is 15.8. The maximum absolute atomic E-state index is 11.9. The smallest absolute Gasteiger partial charge is 0.177 e. The van der Waals surface area contributed by atoms with Crippen molar-refractivity contribution in [3.8, 4) is 0 Å². The van der Waals surface area contributed by atoms with Crippen molar-refractivity contribution >= 4 is 5.78 Å². The third-order valence-corrected chi connectivity index (χ3v) is 7.74. The van der Waals surface area contributed by atoms with Crippen molar-refractivity contribution in [3.63, 3.8) is 0 Å². The van der Waals surface area contributed by atoms with E-state index in [9.17, 15) is 4.79 Å². The second kappa shape index (κ2) is 4.70. The van der Waals surface area contributed by atoms with Crippen molar-refractivity contribution < 1.29 is 14.3 Å². The topological polar surface area (TPSA) is 35.5 Å². The zero-order valence-corrected chi connectivity index (χ0v) is 14.3. The van der Waals surface area contributed by atoms with Gasteiger partial charge in [-0.25, -0.2) is 0 Å². The highest BCUT2D eigenvalue weighted by Gasteiger charge is 2.57. The van der Waals surface area contributed by atoms with Crippen LogP contribution in [0.25, 0.3) is 0 Å². The van der Waals surface area contributed by atoms with Crippen LogP contribution in [0, 0.1) is 35.0 Å². The number of hydrogen-bond acceptors (Lipinski definition) is 3. The predicted octanol–water partition coefficient (Wildman–Crippen LogP) is 4.07. The number of allylic oxidation sites excluding steroid dienone is 1. The van der Waals surface area contributed by atoms with Crippen LogP contribution in [0.2, 0.25) is 0 Å². The minimum Gasteiger partial charge on any atom is -0.323 e. The van der Waals surface area contributed by atoms with Gasteiger partial charge < -0.3 is 9.47 Å². The number of carbonyl (C=O) groups is 1. The molecule has 1 aliphatic heterocycles. The first-order valence-electron chi connectivity index (χ1n) is 9.49. The molecule has 0 aromatic rings. The summed E-state index contributed by atoms with van der Waals surface area (Å²) < 4.78 is 11.5. The third-order valence-electron chi connectivity index (χ3n) is 7.74. The normalized spacial score (nSPS) is 46.4. The predicted molar refractivity (Wildman–Crippen MR) is 86.4 cm³/mol. The molecule has 126 valence electrons. The average molecular weight is 316 g/mol. The third kappa shape index (κ3) is 2.12. The van der Waals surface area contributed by atoms with Crippen LogP contribution >= 0.6 is 0 Å². The van der Waals surface area contributed by atoms with Gasteiger partial charge in [-0.3, -0.25) is 4.79 Å². The molecule has 4 fully saturated rings. The molecule has 3 heteroatoms. The van der Waals surface area contributed by atoms with Crippen molar-refractivity contribution in [2.45, 2.75) is 64.6 Å². The second-order valence-corrected chi connectivity index (χ2v) is 9.31. The lowest BCUT2D eigenvalue weighted by atomic mass is 9.51. The summed E-state index contributed by atoms with van der Waals surface area (Å²) in [5.74, 6) is 3.48. The fourth-order valence-electron chi connectivity index (χ4n) is 6.48. The Kier molecular flexibility index (Phi) is 2.99. The Morgan fingerprint density at radius 3 is 2.52 bits per heavy atom. The highest BCUT2D eigenvalue weighted by Crippen LogP contribution is 2.61. The van der Waals surface area contributed by atoms with Gasteiger partial charge in [0.15, 0.2) is 12.6 Å². The quantitative estimate of drug-likeness (QED) is 0.684. The van der Waals surface area contributed by atoms with E-state index < -0.39 is 0 Å². The number of ether oxygens (including phenoxy) is 2. The number of carbonyl (C=O) groups excluding carboxylic acids is 1. The summed E-state index contributed by atoms with van der Waals surface area (Å²) in [5.41, 5.74) is 1.93. The van der Waals surface area contributed by atoms with Crippen molar-refractivity contribution in [3.05, 3.63) is 11.6 Å². The molecule has 5 aliphatic rings. The Hall–Kier alpha value is -0.670. The molecule has 5 rings (SSSR count). The van der Waals surface area contributed by atoms with E-state index >= 15 is 0 Å². The van der Waals surface area contributed by atoms with Crippen LogP contribution in [0.5, 0.6) is 0 Å². The first-order chi connectivity index (χ1) is 11.0. The molecule has 0 aromatic heterocycles. The molecule has 0 radical (unpaired) electrons. The van der Waals surface area contributed by atoms with E-state index in [1.54, 1.807) is 5.57 Å². The van der Waals surface area contributed by atoms with Crippen LogP contribution in [0.4, 0.5) is 0 Å². The van der Waals surface area contributed by atoms with Crippen molar-refractivity contribution in [2.75, 3.05) is 6.79 Å². The fraction of sp³-hybridized carbons (Fsp3) is 0.850. The minimum atomic E-state index is -0.269. The Morgan fingerprint density at radius 1 is 1.09 bits per heavy atom. The first kappa shape index (κ1) is 14.7. The van der Waals surface area contributed by atoms with Gasteiger partial charge in [-0.05, 0) is 54.8 Å². The summed E-state index contributed by atoms with van der Waals surface area (Å²) in [4.78, 5) is 11.9. The largest absolute Gasteiger partial charge is 0.323 e. The molecule has 0 N–H and O–H groups in total. The highest BCUT2D eigenvalue weighted by atomic mass is 16.9. The Bertz CT molecular complexity index is 571. The molecule has 3 nitrogen and oxygen atoms in total. The number of ketones is 1. The van der Waals surface area contributed by atoms with Crippen LogP contribution in [0.15, 0.2) is 11.6 Å². The molecule has 1 spiro atoms. The first-order valence-corrected chi connectivity index (χ1v) is 9.49. The number of Topliss-reactive ketones (excluding diaryl/α,β-unsaturated/α-hetero) is 1. The van der Waals surface area contributed by atoms with E-state index in [1.807, 2.05) is 0 Å². The summed E-state index contributed by atoms with van der Waals surface area (Å²) in [7, 11) is 0. The lowest BCUT2D eigenvalue weighted by molar-refractivity contribution is -0.404. The fourth-order valence-corrected chi connectivity index (χ4v) is 6.48. The minimum absolute atomic E-state index is 0.269. The van der Waals surface area contributed by atoms with E-state index in [4.69, 9.17) is 9.47 Å². The lowest BCUT2D eigenvalue weighted by Gasteiger charge is -2.56. The van der Waals surface area contributed by atoms with E-state index in [-0.39, 0.29) is 5.79 Å². The van der Waals surface area contributed by atoms with Gasteiger partial charge in [0.25, 0.3) is 0 Å². The van der Waals surface area contributed by atoms with Gasteiger partial charge in [-0.15, -0.1) is 0 Å². The lowest BCUT2D eigenvalue weighted by Crippen LogP contribution is -2.53. The molecular weight excluding hydrogens is 288 g/mol. The number of rotatable bonds is 1. The van der Waals surface area contributed by atoms with Crippen molar-refractivity contribution in [1.82, 2.24) is 0 Å². The van der Waals surface area contributed by atoms with Crippen LogP contribution < -0.4 is 0 Å². The summed E-state index contributed by atoms with van der Waals surface area (Å²) in [6.45, 7) is 5.29. The molecule has 0 aromatic carbocycles. The van der Waals surface area contributed by atoms with E-state index in [0.29, 0.717) is 29.8 Å². The molecule has 4 aliphatic carbocycles. The maximum Gasteiger partial charge on any atom is 0.177 e. The molecule has 3 saturated carbocycles. The van der Waals surface area contributed by atoms with Gasteiger partial charge >= 0.3 is 0 Å². The Balaban J connectivity index is 1.43. The highest BCUT2D eigenvalue weighted by molar-refractivity contribution is 5.96. The SMILES string of the molecule is CC1(C)CCC2C3CCC4(CC3=CCC2C1C1CC1=O)OCO4. The van der Waals surface area contributed by atoms with Crippen LogP contribution in [-0.2, 0) is 14.3 Å². The van der Waals surface area contributed by atoms with E-state index in [0.717, 1.165) is 37.0 Å². The Labute approximate surface area is 138 Å². The molecular formula is C20H28O3. The van der Waals surface area contributed by atoms with Crippen LogP contribution in [0.3, 0.4) is 0 Å². The molecule has 1 heterocycles. The average Bonchev–Trinajstić information content (AvgIpc) is 3.19. The molecule has 23 heavy (non-hydrogen) atoms. The summed E-state index contributed by atoms with van der Waals surface area (Å²) in [6.07, 6.45) is 10.4. The molecule has 5 unspecified atom stereocenters. The van der Waals surface area contributed by atoms with Gasteiger partial charge in [-0.2, -0.15) is 0 Å². The number of hydrogen-bond donors (Lipinski definition) is 0. The molecule has 1 saturated heterocycles. The van der Waals surface area contributed by atoms with Crippen LogP contribution in [-0.4, -0.2) is 18.4 Å². The van der Waals surface area contributed by atoms with Crippen molar-refractivity contribution in [2.24, 2.45) is 35.0 Å². The van der Waals surface area contributed by atoms with Gasteiger partial charge in [0, 0.05) is 25.2 Å². The molecule has 0 bridgehead atoms. The van der Waals surface area contributed by atoms with E-state index in [1.165, 1.54) is 25.7 Å². The molecule has 5 atom stereocenters. The van der Waals surface area contributed by atoms with Crippen molar-refractivity contribution in [1.29, 1.82) is 0 Å². The van der Waals surface area contributed by atoms with Gasteiger partial charge in [0.2, 0.25) is 0 Å². The van der Waals surface area contributed by atoms with E-state index in [2.05, 4.69) is 19.9 Å². The second-order valence-electron chi connectivity index (χ2n) is 9.31. The summed E-state index contributed by atoms with van der Waals surface area (Å²) in [5, 5.41) is 0. The Morgan fingerprint density at radius 2 is 1.87 bits per heavy atom. The standard InChI is InChI=1S/C20H28O3/c1-19(2)7-5-14-13-6-8-20(22-11-23-20)10-12(13)3-4-15(14)18(19)16-9-17(16)21/h3,13-16,18H,4-11H2,1-2H3.